The van der Waals surface area contributed by atoms with Crippen LogP contribution < -0.4 is 0 Å². The Morgan fingerprint density at radius 3 is 2.31 bits per heavy atom. The normalized spacial score (nSPS) is 23.5. The smallest absolute Gasteiger partial charge is 0.323 e. The summed E-state index contributed by atoms with van der Waals surface area (Å²) in [6, 6.07) is 10.3. The first-order chi connectivity index (χ1) is 12.6. The SMILES string of the molecule is CCOC(=O)C1(C(=O)OCC)CC2=C[C@H](c3ccccc3)CC=C[C@H]2C1. The van der Waals surface area contributed by atoms with Gasteiger partial charge in [-0.25, -0.2) is 0 Å². The van der Waals surface area contributed by atoms with Gasteiger partial charge in [0.25, 0.3) is 0 Å². The first-order valence-corrected chi connectivity index (χ1v) is 9.37. The monoisotopic (exact) mass is 354 g/mol. The lowest BCUT2D eigenvalue weighted by molar-refractivity contribution is -0.171. The van der Waals surface area contributed by atoms with Gasteiger partial charge in [-0.3, -0.25) is 9.59 Å². The summed E-state index contributed by atoms with van der Waals surface area (Å²) in [6.45, 7) is 4.03. The summed E-state index contributed by atoms with van der Waals surface area (Å²) < 4.78 is 10.5. The summed E-state index contributed by atoms with van der Waals surface area (Å²) in [5.74, 6) is -0.584. The van der Waals surface area contributed by atoms with Crippen LogP contribution in [0.2, 0.25) is 0 Å². The molecule has 1 saturated carbocycles. The molecule has 4 nitrogen and oxygen atoms in total. The van der Waals surface area contributed by atoms with E-state index in [9.17, 15) is 9.59 Å². The molecule has 0 unspecified atom stereocenters. The van der Waals surface area contributed by atoms with Crippen molar-refractivity contribution in [3.63, 3.8) is 0 Å². The summed E-state index contributed by atoms with van der Waals surface area (Å²) in [6.07, 6.45) is 8.26. The number of fused-ring (bicyclic) bond motifs is 1. The van der Waals surface area contributed by atoms with Crippen molar-refractivity contribution in [3.05, 3.63) is 59.7 Å². The Morgan fingerprint density at radius 2 is 1.69 bits per heavy atom. The Balaban J connectivity index is 1.93. The van der Waals surface area contributed by atoms with Crippen molar-refractivity contribution < 1.29 is 19.1 Å². The number of carbonyl (C=O) groups is 2. The second-order valence-electron chi connectivity index (χ2n) is 6.93. The second kappa shape index (κ2) is 7.90. The molecule has 0 radical (unpaired) electrons. The minimum Gasteiger partial charge on any atom is -0.465 e. The van der Waals surface area contributed by atoms with E-state index in [-0.39, 0.29) is 25.0 Å². The predicted molar refractivity (Wildman–Crippen MR) is 99.4 cm³/mol. The molecule has 0 aromatic heterocycles. The van der Waals surface area contributed by atoms with Crippen molar-refractivity contribution in [2.75, 3.05) is 13.2 Å². The van der Waals surface area contributed by atoms with Gasteiger partial charge in [0.1, 0.15) is 0 Å². The third-order valence-corrected chi connectivity index (χ3v) is 5.28. The molecule has 4 heteroatoms. The van der Waals surface area contributed by atoms with Crippen molar-refractivity contribution in [1.29, 1.82) is 0 Å². The zero-order valence-electron chi connectivity index (χ0n) is 15.4. The number of carbonyl (C=O) groups excluding carboxylic acids is 2. The van der Waals surface area contributed by atoms with E-state index >= 15 is 0 Å². The number of ether oxygens (including phenoxy) is 2. The maximum Gasteiger partial charge on any atom is 0.323 e. The highest BCUT2D eigenvalue weighted by atomic mass is 16.6. The number of esters is 2. The molecule has 1 aromatic rings. The van der Waals surface area contributed by atoms with Crippen molar-refractivity contribution in [2.45, 2.75) is 39.0 Å². The van der Waals surface area contributed by atoms with Gasteiger partial charge in [0.2, 0.25) is 0 Å². The largest absolute Gasteiger partial charge is 0.465 e. The lowest BCUT2D eigenvalue weighted by Gasteiger charge is -2.24. The highest BCUT2D eigenvalue weighted by Gasteiger charge is 2.55. The van der Waals surface area contributed by atoms with E-state index in [1.807, 2.05) is 18.2 Å². The molecule has 2 atom stereocenters. The van der Waals surface area contributed by atoms with Gasteiger partial charge in [-0.2, -0.15) is 0 Å². The van der Waals surface area contributed by atoms with Crippen molar-refractivity contribution in [2.24, 2.45) is 11.3 Å². The van der Waals surface area contributed by atoms with Crippen LogP contribution in [-0.4, -0.2) is 25.2 Å². The Morgan fingerprint density at radius 1 is 1.04 bits per heavy atom. The van der Waals surface area contributed by atoms with Gasteiger partial charge in [-0.15, -0.1) is 0 Å². The van der Waals surface area contributed by atoms with Crippen LogP contribution in [0, 0.1) is 11.3 Å². The summed E-state index contributed by atoms with van der Waals surface area (Å²) >= 11 is 0. The Hall–Kier alpha value is -2.36. The third-order valence-electron chi connectivity index (χ3n) is 5.28. The van der Waals surface area contributed by atoms with E-state index in [0.29, 0.717) is 12.8 Å². The lowest BCUT2D eigenvalue weighted by atomic mass is 9.84. The van der Waals surface area contributed by atoms with E-state index < -0.39 is 17.4 Å². The quantitative estimate of drug-likeness (QED) is 0.452. The van der Waals surface area contributed by atoms with E-state index in [1.54, 1.807) is 13.8 Å². The van der Waals surface area contributed by atoms with Crippen LogP contribution >= 0.6 is 0 Å². The van der Waals surface area contributed by atoms with Gasteiger partial charge in [0.05, 0.1) is 13.2 Å². The van der Waals surface area contributed by atoms with Gasteiger partial charge in [0, 0.05) is 5.92 Å². The Bertz CT molecular complexity index is 699. The summed E-state index contributed by atoms with van der Waals surface area (Å²) in [7, 11) is 0. The fraction of sp³-hybridized carbons (Fsp3) is 0.455. The van der Waals surface area contributed by atoms with Crippen molar-refractivity contribution in [1.82, 2.24) is 0 Å². The molecule has 3 rings (SSSR count). The van der Waals surface area contributed by atoms with Gasteiger partial charge in [-0.05, 0) is 44.6 Å². The third kappa shape index (κ3) is 3.46. The van der Waals surface area contributed by atoms with E-state index in [4.69, 9.17) is 9.47 Å². The predicted octanol–water partition coefficient (Wildman–Crippen LogP) is 4.18. The van der Waals surface area contributed by atoms with Crippen LogP contribution in [0.1, 0.15) is 44.6 Å². The van der Waals surface area contributed by atoms with Gasteiger partial charge >= 0.3 is 11.9 Å². The zero-order chi connectivity index (χ0) is 18.6. The molecule has 0 spiro atoms. The molecule has 26 heavy (non-hydrogen) atoms. The van der Waals surface area contributed by atoms with Crippen LogP contribution in [0.4, 0.5) is 0 Å². The lowest BCUT2D eigenvalue weighted by Crippen LogP contribution is -2.40. The maximum atomic E-state index is 12.7. The molecule has 1 aromatic carbocycles. The molecule has 0 heterocycles. The highest BCUT2D eigenvalue weighted by Crippen LogP contribution is 2.50. The number of hydrogen-bond donors (Lipinski definition) is 0. The molecule has 2 aliphatic carbocycles. The molecular weight excluding hydrogens is 328 g/mol. The van der Waals surface area contributed by atoms with Gasteiger partial charge in [-0.1, -0.05) is 54.1 Å². The molecule has 138 valence electrons. The number of rotatable bonds is 5. The second-order valence-corrected chi connectivity index (χ2v) is 6.93. The van der Waals surface area contributed by atoms with Crippen LogP contribution in [0.15, 0.2) is 54.1 Å². The molecular formula is C22H26O4. The first-order valence-electron chi connectivity index (χ1n) is 9.37. The minimum atomic E-state index is -1.22. The zero-order valence-corrected chi connectivity index (χ0v) is 15.4. The summed E-state index contributed by atoms with van der Waals surface area (Å²) in [5, 5.41) is 0. The fourth-order valence-electron chi connectivity index (χ4n) is 4.01. The van der Waals surface area contributed by atoms with Gasteiger partial charge < -0.3 is 9.47 Å². The average Bonchev–Trinajstić information content (AvgIpc) is 2.91. The fourth-order valence-corrected chi connectivity index (χ4v) is 4.01. The molecule has 0 N–H and O–H groups in total. The number of allylic oxidation sites excluding steroid dienone is 4. The van der Waals surface area contributed by atoms with E-state index in [0.717, 1.165) is 12.0 Å². The molecule has 0 amide bonds. The van der Waals surface area contributed by atoms with Crippen LogP contribution in [0.25, 0.3) is 0 Å². The van der Waals surface area contributed by atoms with Crippen molar-refractivity contribution in [3.8, 4) is 0 Å². The summed E-state index contributed by atoms with van der Waals surface area (Å²) in [4.78, 5) is 25.4. The van der Waals surface area contributed by atoms with Crippen LogP contribution in [0.5, 0.6) is 0 Å². The van der Waals surface area contributed by atoms with Crippen LogP contribution in [0.3, 0.4) is 0 Å². The molecule has 1 fully saturated rings. The average molecular weight is 354 g/mol. The Labute approximate surface area is 154 Å². The van der Waals surface area contributed by atoms with E-state index in [1.165, 1.54) is 5.56 Å². The maximum absolute atomic E-state index is 12.7. The standard InChI is InChI=1S/C22H26O4/c1-3-25-20(23)22(21(24)26-4-2)14-18-12-8-11-17(13-19(18)15-22)16-9-6-5-7-10-16/h5-10,12-13,17-18H,3-4,11,14-15H2,1-2H3/t17-,18+/m1/s1. The first kappa shape index (κ1) is 18.4. The number of benzene rings is 1. The Kier molecular flexibility index (Phi) is 5.60. The van der Waals surface area contributed by atoms with Gasteiger partial charge in [0.15, 0.2) is 5.41 Å². The van der Waals surface area contributed by atoms with E-state index in [2.05, 4.69) is 30.4 Å². The molecule has 0 saturated heterocycles. The van der Waals surface area contributed by atoms with Crippen LogP contribution in [-0.2, 0) is 19.1 Å². The topological polar surface area (TPSA) is 52.6 Å². The number of hydrogen-bond acceptors (Lipinski definition) is 4. The molecule has 2 aliphatic rings. The minimum absolute atomic E-state index is 0.0810. The molecule has 0 aliphatic heterocycles. The highest BCUT2D eigenvalue weighted by molar-refractivity contribution is 6.01. The summed E-state index contributed by atoms with van der Waals surface area (Å²) in [5.41, 5.74) is 1.16. The molecule has 0 bridgehead atoms. The van der Waals surface area contributed by atoms with Crippen molar-refractivity contribution >= 4 is 11.9 Å².